The Bertz CT molecular complexity index is 319. The number of nitrogens with two attached hydrogens (primary N) is 1. The van der Waals surface area contributed by atoms with Gasteiger partial charge in [-0.3, -0.25) is 0 Å². The van der Waals surface area contributed by atoms with Crippen LogP contribution in [0.3, 0.4) is 0 Å². The van der Waals surface area contributed by atoms with Crippen LogP contribution < -0.4 is 5.73 Å². The van der Waals surface area contributed by atoms with Gasteiger partial charge in [-0.05, 0) is 25.2 Å². The first-order valence-electron chi connectivity index (χ1n) is 6.19. The fraction of sp³-hybridized carbons (Fsp3) is 1.00. The molecule has 5 nitrogen and oxygen atoms in total. The molecule has 17 heavy (non-hydrogen) atoms. The molecule has 0 aliphatic carbocycles. The van der Waals surface area contributed by atoms with Gasteiger partial charge < -0.3 is 10.5 Å². The lowest BCUT2D eigenvalue weighted by Gasteiger charge is -2.36. The first-order valence-corrected chi connectivity index (χ1v) is 7.80. The number of nitrogens with zero attached hydrogens (tertiary/aromatic N) is 1. The predicted molar refractivity (Wildman–Crippen MR) is 68.2 cm³/mol. The van der Waals surface area contributed by atoms with Crippen LogP contribution in [0.1, 0.15) is 26.2 Å². The molecule has 0 spiro atoms. The summed E-state index contributed by atoms with van der Waals surface area (Å²) in [6, 6.07) is -0.0219. The van der Waals surface area contributed by atoms with Crippen molar-refractivity contribution < 1.29 is 13.2 Å². The lowest BCUT2D eigenvalue weighted by Crippen LogP contribution is -2.49. The van der Waals surface area contributed by atoms with Gasteiger partial charge in [0, 0.05) is 32.8 Å². The van der Waals surface area contributed by atoms with Crippen molar-refractivity contribution in [3.8, 4) is 0 Å². The molecule has 0 amide bonds. The summed E-state index contributed by atoms with van der Waals surface area (Å²) in [6.45, 7) is 3.65. The fourth-order valence-electron chi connectivity index (χ4n) is 2.31. The zero-order chi connectivity index (χ0) is 12.9. The second-order valence-corrected chi connectivity index (χ2v) is 6.83. The molecule has 1 fully saturated rings. The molecule has 0 saturated carbocycles. The summed E-state index contributed by atoms with van der Waals surface area (Å²) in [5.41, 5.74) is 5.68. The fourth-order valence-corrected chi connectivity index (χ4v) is 4.04. The summed E-state index contributed by atoms with van der Waals surface area (Å²) in [5.74, 6) is 0.722. The number of methoxy groups -OCH3 is 1. The van der Waals surface area contributed by atoms with Crippen LogP contribution in [0.25, 0.3) is 0 Å². The predicted octanol–water partition coefficient (Wildman–Crippen LogP) is 0.412. The normalized spacial score (nSPS) is 27.2. The molecule has 0 aromatic rings. The van der Waals surface area contributed by atoms with Crippen molar-refractivity contribution in [3.05, 3.63) is 0 Å². The number of piperidine rings is 1. The molecule has 1 aliphatic rings. The van der Waals surface area contributed by atoms with Gasteiger partial charge in [0.15, 0.2) is 0 Å². The van der Waals surface area contributed by atoms with E-state index in [1.807, 2.05) is 0 Å². The van der Waals surface area contributed by atoms with Crippen molar-refractivity contribution in [1.82, 2.24) is 4.31 Å². The summed E-state index contributed by atoms with van der Waals surface area (Å²) < 4.78 is 30.8. The summed E-state index contributed by atoms with van der Waals surface area (Å²) in [7, 11) is -1.59. The standard InChI is InChI=1S/C11H24N2O3S/c1-10-4-5-13(11(8-10)9-12)17(14,15)7-3-6-16-2/h10-11H,3-9,12H2,1-2H3. The molecule has 2 N–H and O–H groups in total. The van der Waals surface area contributed by atoms with E-state index < -0.39 is 10.0 Å². The van der Waals surface area contributed by atoms with Crippen molar-refractivity contribution in [2.45, 2.75) is 32.2 Å². The zero-order valence-electron chi connectivity index (χ0n) is 10.8. The molecule has 6 heteroatoms. The molecule has 102 valence electrons. The van der Waals surface area contributed by atoms with Crippen LogP contribution in [-0.4, -0.2) is 51.3 Å². The average Bonchev–Trinajstić information content (AvgIpc) is 2.28. The third kappa shape index (κ3) is 4.21. The van der Waals surface area contributed by atoms with Gasteiger partial charge in [0.2, 0.25) is 10.0 Å². The van der Waals surface area contributed by atoms with Gasteiger partial charge in [-0.25, -0.2) is 8.42 Å². The topological polar surface area (TPSA) is 72.6 Å². The monoisotopic (exact) mass is 264 g/mol. The molecule has 0 radical (unpaired) electrons. The van der Waals surface area contributed by atoms with Crippen LogP contribution in [-0.2, 0) is 14.8 Å². The van der Waals surface area contributed by atoms with E-state index >= 15 is 0 Å². The molecule has 1 saturated heterocycles. The van der Waals surface area contributed by atoms with Crippen molar-refractivity contribution in [1.29, 1.82) is 0 Å². The number of rotatable bonds is 6. The van der Waals surface area contributed by atoms with E-state index in [1.54, 1.807) is 11.4 Å². The lowest BCUT2D eigenvalue weighted by molar-refractivity contribution is 0.195. The van der Waals surface area contributed by atoms with E-state index in [1.165, 1.54) is 0 Å². The van der Waals surface area contributed by atoms with Gasteiger partial charge >= 0.3 is 0 Å². The Kier molecular flexibility index (Phi) is 5.85. The second kappa shape index (κ2) is 6.68. The highest BCUT2D eigenvalue weighted by Crippen LogP contribution is 2.24. The molecule has 1 heterocycles. The van der Waals surface area contributed by atoms with E-state index in [9.17, 15) is 8.42 Å². The number of hydrogen-bond donors (Lipinski definition) is 1. The Morgan fingerprint density at radius 2 is 2.18 bits per heavy atom. The van der Waals surface area contributed by atoms with Crippen LogP contribution in [0.2, 0.25) is 0 Å². The Balaban J connectivity index is 2.62. The summed E-state index contributed by atoms with van der Waals surface area (Å²) in [4.78, 5) is 0. The Labute approximate surface area is 104 Å². The van der Waals surface area contributed by atoms with Gasteiger partial charge in [-0.15, -0.1) is 0 Å². The quantitative estimate of drug-likeness (QED) is 0.705. The third-order valence-electron chi connectivity index (χ3n) is 3.30. The van der Waals surface area contributed by atoms with Gasteiger partial charge in [-0.1, -0.05) is 6.92 Å². The van der Waals surface area contributed by atoms with Crippen molar-refractivity contribution >= 4 is 10.0 Å². The molecule has 0 bridgehead atoms. The third-order valence-corrected chi connectivity index (χ3v) is 5.30. The van der Waals surface area contributed by atoms with E-state index in [0.717, 1.165) is 12.8 Å². The Hall–Kier alpha value is -0.170. The Morgan fingerprint density at radius 1 is 1.47 bits per heavy atom. The maximum atomic E-state index is 12.2. The van der Waals surface area contributed by atoms with Crippen LogP contribution in [0.5, 0.6) is 0 Å². The smallest absolute Gasteiger partial charge is 0.214 e. The minimum Gasteiger partial charge on any atom is -0.385 e. The first kappa shape index (κ1) is 14.9. The zero-order valence-corrected chi connectivity index (χ0v) is 11.6. The van der Waals surface area contributed by atoms with Gasteiger partial charge in [0.1, 0.15) is 0 Å². The molecular weight excluding hydrogens is 240 g/mol. The van der Waals surface area contributed by atoms with Gasteiger partial charge in [-0.2, -0.15) is 4.31 Å². The highest BCUT2D eigenvalue weighted by Gasteiger charge is 2.33. The van der Waals surface area contributed by atoms with Gasteiger partial charge in [0.05, 0.1) is 5.75 Å². The Morgan fingerprint density at radius 3 is 2.76 bits per heavy atom. The van der Waals surface area contributed by atoms with E-state index in [0.29, 0.717) is 32.0 Å². The summed E-state index contributed by atoms with van der Waals surface area (Å²) in [6.07, 6.45) is 2.35. The van der Waals surface area contributed by atoms with Crippen molar-refractivity contribution in [2.75, 3.05) is 32.6 Å². The summed E-state index contributed by atoms with van der Waals surface area (Å²) >= 11 is 0. The first-order chi connectivity index (χ1) is 8.01. The molecule has 0 aromatic carbocycles. The largest absolute Gasteiger partial charge is 0.385 e. The lowest BCUT2D eigenvalue weighted by atomic mass is 9.94. The van der Waals surface area contributed by atoms with E-state index in [4.69, 9.17) is 10.5 Å². The molecule has 1 rings (SSSR count). The maximum absolute atomic E-state index is 12.2. The van der Waals surface area contributed by atoms with Crippen LogP contribution >= 0.6 is 0 Å². The highest BCUT2D eigenvalue weighted by molar-refractivity contribution is 7.89. The van der Waals surface area contributed by atoms with E-state index in [2.05, 4.69) is 6.92 Å². The molecule has 1 aliphatic heterocycles. The molecular formula is C11H24N2O3S. The minimum atomic E-state index is -3.17. The van der Waals surface area contributed by atoms with Crippen molar-refractivity contribution in [3.63, 3.8) is 0 Å². The second-order valence-electron chi connectivity index (χ2n) is 4.79. The van der Waals surface area contributed by atoms with E-state index in [-0.39, 0.29) is 11.8 Å². The number of sulfonamides is 1. The minimum absolute atomic E-state index is 0.0219. The maximum Gasteiger partial charge on any atom is 0.214 e. The molecule has 2 atom stereocenters. The number of ether oxygens (including phenoxy) is 1. The summed E-state index contributed by atoms with van der Waals surface area (Å²) in [5, 5.41) is 0. The van der Waals surface area contributed by atoms with Gasteiger partial charge in [0.25, 0.3) is 0 Å². The van der Waals surface area contributed by atoms with Crippen LogP contribution in [0.15, 0.2) is 0 Å². The SMILES string of the molecule is COCCCS(=O)(=O)N1CCC(C)CC1CN. The number of hydrogen-bond acceptors (Lipinski definition) is 4. The van der Waals surface area contributed by atoms with Crippen molar-refractivity contribution in [2.24, 2.45) is 11.7 Å². The molecule has 0 aromatic heterocycles. The van der Waals surface area contributed by atoms with Crippen LogP contribution in [0, 0.1) is 5.92 Å². The molecule has 2 unspecified atom stereocenters. The average molecular weight is 264 g/mol. The van der Waals surface area contributed by atoms with Crippen LogP contribution in [0.4, 0.5) is 0 Å². The highest BCUT2D eigenvalue weighted by atomic mass is 32.2.